The van der Waals surface area contributed by atoms with Gasteiger partial charge in [0.05, 0.1) is 53.7 Å². The molecule has 1 aromatic carbocycles. The summed E-state index contributed by atoms with van der Waals surface area (Å²) in [7, 11) is 0. The molecule has 3 aliphatic rings. The van der Waals surface area contributed by atoms with Crippen molar-refractivity contribution >= 4 is 35.0 Å². The quantitative estimate of drug-likeness (QED) is 0.289. The SMILES string of the molecule is CC[C@@H]1C[C@H](N(Cc2cc(C(F)(F)F)cc(C(F)(F)F)c2)c2ncc(N3CC[C@H](O)C3)cn2)CN1c1nc(N2CCC(O)CC2)ncc1Cl. The van der Waals surface area contributed by atoms with Gasteiger partial charge in [0, 0.05) is 45.3 Å². The van der Waals surface area contributed by atoms with Crippen LogP contribution in [0.4, 0.5) is 49.7 Å². The topological polar surface area (TPSA) is 105 Å². The van der Waals surface area contributed by atoms with E-state index in [9.17, 15) is 36.6 Å². The van der Waals surface area contributed by atoms with Crippen LogP contribution in [-0.4, -0.2) is 87.2 Å². The minimum absolute atomic E-state index is 0.117. The van der Waals surface area contributed by atoms with Gasteiger partial charge in [0.25, 0.3) is 0 Å². The number of benzene rings is 1. The average Bonchev–Trinajstić information content (AvgIpc) is 3.70. The number of rotatable bonds is 8. The molecule has 3 aliphatic heterocycles. The summed E-state index contributed by atoms with van der Waals surface area (Å²) in [6.45, 7) is 4.04. The van der Waals surface area contributed by atoms with E-state index >= 15 is 0 Å². The van der Waals surface area contributed by atoms with Crippen molar-refractivity contribution in [3.63, 3.8) is 0 Å². The standard InChI is InChI=1S/C32H37ClF6N8O2/c1-2-22-12-23(17-46(22)28-27(33)15-42-30(43-28)44-6-3-25(48)4-7-44)47(29-40-13-24(14-41-29)45-8-5-26(49)18-45)16-19-9-20(31(34,35)36)11-21(10-19)32(37,38)39/h9-11,13-15,22-23,25-26,48-49H,2-8,12,16-18H2,1H3/t22-,23+,26+/m1/s1. The van der Waals surface area contributed by atoms with E-state index in [1.807, 2.05) is 21.6 Å². The van der Waals surface area contributed by atoms with Crippen LogP contribution in [0.15, 0.2) is 36.8 Å². The predicted molar refractivity (Wildman–Crippen MR) is 172 cm³/mol. The van der Waals surface area contributed by atoms with Crippen LogP contribution in [0.5, 0.6) is 0 Å². The van der Waals surface area contributed by atoms with Gasteiger partial charge >= 0.3 is 12.4 Å². The third-order valence-corrected chi connectivity index (χ3v) is 9.71. The Balaban J connectivity index is 1.35. The minimum atomic E-state index is -5.00. The molecule has 0 spiro atoms. The van der Waals surface area contributed by atoms with Gasteiger partial charge in [0.1, 0.15) is 5.02 Å². The number of halogens is 7. The second kappa shape index (κ2) is 13.9. The predicted octanol–water partition coefficient (Wildman–Crippen LogP) is 5.55. The zero-order valence-electron chi connectivity index (χ0n) is 26.7. The molecule has 49 heavy (non-hydrogen) atoms. The van der Waals surface area contributed by atoms with Gasteiger partial charge in [-0.2, -0.15) is 31.3 Å². The van der Waals surface area contributed by atoms with Crippen LogP contribution in [0.3, 0.4) is 0 Å². The van der Waals surface area contributed by atoms with Gasteiger partial charge in [0.2, 0.25) is 11.9 Å². The van der Waals surface area contributed by atoms with Gasteiger partial charge in [-0.25, -0.2) is 15.0 Å². The van der Waals surface area contributed by atoms with E-state index in [0.29, 0.717) is 80.8 Å². The zero-order chi connectivity index (χ0) is 35.1. The Morgan fingerprint density at radius 1 is 0.837 bits per heavy atom. The maximum Gasteiger partial charge on any atom is 0.416 e. The first-order valence-electron chi connectivity index (χ1n) is 16.2. The van der Waals surface area contributed by atoms with Crippen molar-refractivity contribution in [2.75, 3.05) is 52.3 Å². The maximum atomic E-state index is 13.8. The third kappa shape index (κ3) is 7.91. The van der Waals surface area contributed by atoms with E-state index in [4.69, 9.17) is 16.6 Å². The Hall–Kier alpha value is -3.63. The zero-order valence-corrected chi connectivity index (χ0v) is 27.4. The number of piperidine rings is 1. The Morgan fingerprint density at radius 2 is 1.45 bits per heavy atom. The Morgan fingerprint density at radius 3 is 2.02 bits per heavy atom. The monoisotopic (exact) mass is 714 g/mol. The van der Waals surface area contributed by atoms with E-state index in [-0.39, 0.29) is 42.8 Å². The Kier molecular flexibility index (Phi) is 10.0. The molecular formula is C32H37ClF6N8O2. The van der Waals surface area contributed by atoms with E-state index in [2.05, 4.69) is 15.0 Å². The number of alkyl halides is 6. The highest BCUT2D eigenvalue weighted by Crippen LogP contribution is 2.39. The fourth-order valence-electron chi connectivity index (χ4n) is 6.81. The summed E-state index contributed by atoms with van der Waals surface area (Å²) in [6, 6.07) is 0.998. The van der Waals surface area contributed by atoms with Crippen LogP contribution in [0.25, 0.3) is 0 Å². The number of hydrogen-bond acceptors (Lipinski definition) is 10. The second-order valence-electron chi connectivity index (χ2n) is 12.8. The van der Waals surface area contributed by atoms with Crippen molar-refractivity contribution < 1.29 is 36.6 Å². The summed E-state index contributed by atoms with van der Waals surface area (Å²) in [5.41, 5.74) is -2.35. The summed E-state index contributed by atoms with van der Waals surface area (Å²) in [6.07, 6.45) is -3.42. The van der Waals surface area contributed by atoms with Crippen molar-refractivity contribution in [2.24, 2.45) is 0 Å². The summed E-state index contributed by atoms with van der Waals surface area (Å²) in [4.78, 5) is 25.8. The van der Waals surface area contributed by atoms with Crippen molar-refractivity contribution in [1.82, 2.24) is 19.9 Å². The number of aromatic nitrogens is 4. The van der Waals surface area contributed by atoms with Crippen LogP contribution < -0.4 is 19.6 Å². The Bertz CT molecular complexity index is 1570. The fourth-order valence-corrected chi connectivity index (χ4v) is 7.01. The van der Waals surface area contributed by atoms with Crippen LogP contribution in [0, 0.1) is 0 Å². The number of anilines is 4. The molecule has 3 saturated heterocycles. The molecule has 0 saturated carbocycles. The first-order chi connectivity index (χ1) is 23.2. The van der Waals surface area contributed by atoms with E-state index in [0.717, 1.165) is 12.1 Å². The second-order valence-corrected chi connectivity index (χ2v) is 13.2. The summed E-state index contributed by atoms with van der Waals surface area (Å²) < 4.78 is 82.8. The molecule has 0 radical (unpaired) electrons. The van der Waals surface area contributed by atoms with Gasteiger partial charge < -0.3 is 29.8 Å². The van der Waals surface area contributed by atoms with E-state index in [1.54, 1.807) is 17.3 Å². The molecule has 3 fully saturated rings. The number of β-amino-alcohol motifs (C(OH)–C–C–N with tert-alkyl or cyclic N) is 1. The molecule has 0 aliphatic carbocycles. The lowest BCUT2D eigenvalue weighted by Crippen LogP contribution is -2.39. The number of aliphatic hydroxyl groups is 2. The molecule has 0 unspecified atom stereocenters. The molecule has 17 heteroatoms. The highest BCUT2D eigenvalue weighted by molar-refractivity contribution is 6.32. The van der Waals surface area contributed by atoms with Crippen LogP contribution in [-0.2, 0) is 18.9 Å². The lowest BCUT2D eigenvalue weighted by Gasteiger charge is -2.32. The van der Waals surface area contributed by atoms with Crippen LogP contribution >= 0.6 is 11.6 Å². The normalized spacial score (nSPS) is 22.3. The van der Waals surface area contributed by atoms with Gasteiger partial charge in [-0.3, -0.25) is 0 Å². The smallest absolute Gasteiger partial charge is 0.393 e. The number of nitrogens with zero attached hydrogens (tertiary/aromatic N) is 8. The molecule has 0 bridgehead atoms. The molecule has 10 nitrogen and oxygen atoms in total. The molecule has 3 atom stereocenters. The summed E-state index contributed by atoms with van der Waals surface area (Å²) in [5.74, 6) is 1.06. The van der Waals surface area contributed by atoms with Crippen molar-refractivity contribution in [3.05, 3.63) is 58.5 Å². The summed E-state index contributed by atoms with van der Waals surface area (Å²) >= 11 is 6.65. The Labute approximate surface area is 284 Å². The van der Waals surface area contributed by atoms with Crippen molar-refractivity contribution in [2.45, 2.75) is 82.2 Å². The molecule has 5 heterocycles. The lowest BCUT2D eigenvalue weighted by atomic mass is 10.0. The van der Waals surface area contributed by atoms with Gasteiger partial charge in [-0.15, -0.1) is 0 Å². The summed E-state index contributed by atoms with van der Waals surface area (Å²) in [5, 5.41) is 20.2. The van der Waals surface area contributed by atoms with E-state index < -0.39 is 35.6 Å². The molecule has 6 rings (SSSR count). The fraction of sp³-hybridized carbons (Fsp3) is 0.562. The highest BCUT2D eigenvalue weighted by Gasteiger charge is 2.40. The molecular weight excluding hydrogens is 678 g/mol. The van der Waals surface area contributed by atoms with Gasteiger partial charge in [-0.1, -0.05) is 18.5 Å². The number of hydrogen-bond donors (Lipinski definition) is 2. The van der Waals surface area contributed by atoms with Gasteiger partial charge in [0.15, 0.2) is 5.82 Å². The van der Waals surface area contributed by atoms with Crippen LogP contribution in [0.1, 0.15) is 55.7 Å². The van der Waals surface area contributed by atoms with Crippen molar-refractivity contribution in [1.29, 1.82) is 0 Å². The molecule has 3 aromatic rings. The van der Waals surface area contributed by atoms with Crippen LogP contribution in [0.2, 0.25) is 5.02 Å². The lowest BCUT2D eigenvalue weighted by molar-refractivity contribution is -0.143. The van der Waals surface area contributed by atoms with Gasteiger partial charge in [-0.05, 0) is 55.9 Å². The van der Waals surface area contributed by atoms with Crippen molar-refractivity contribution in [3.8, 4) is 0 Å². The average molecular weight is 715 g/mol. The third-order valence-electron chi connectivity index (χ3n) is 9.45. The molecule has 2 N–H and O–H groups in total. The highest BCUT2D eigenvalue weighted by atomic mass is 35.5. The first kappa shape index (κ1) is 35.2. The van der Waals surface area contributed by atoms with E-state index in [1.165, 1.54) is 6.20 Å². The molecule has 0 amide bonds. The maximum absolute atomic E-state index is 13.8. The number of aliphatic hydroxyl groups excluding tert-OH is 2. The first-order valence-corrected chi connectivity index (χ1v) is 16.6. The minimum Gasteiger partial charge on any atom is -0.393 e. The largest absolute Gasteiger partial charge is 0.416 e. The molecule has 266 valence electrons. The molecule has 2 aromatic heterocycles.